The van der Waals surface area contributed by atoms with Crippen LogP contribution >= 0.6 is 0 Å². The Labute approximate surface area is 128 Å². The summed E-state index contributed by atoms with van der Waals surface area (Å²) in [6.07, 6.45) is -0.501. The first-order valence-electron chi connectivity index (χ1n) is 7.76. The topological polar surface area (TPSA) is 27.6 Å². The van der Waals surface area contributed by atoms with Gasteiger partial charge in [0, 0.05) is 31.7 Å². The Hall–Kier alpha value is -1.72. The molecule has 6 heteroatoms. The number of hydrogen-bond donors (Lipinski definition) is 1. The fourth-order valence-corrected chi connectivity index (χ4v) is 3.06. The summed E-state index contributed by atoms with van der Waals surface area (Å²) in [5, 5.41) is 3.19. The molecule has 0 spiro atoms. The second kappa shape index (κ2) is 6.18. The van der Waals surface area contributed by atoms with Crippen molar-refractivity contribution in [2.45, 2.75) is 31.9 Å². The van der Waals surface area contributed by atoms with Gasteiger partial charge in [0.25, 0.3) is 0 Å². The van der Waals surface area contributed by atoms with Crippen molar-refractivity contribution < 1.29 is 13.2 Å². The van der Waals surface area contributed by atoms with E-state index in [9.17, 15) is 13.2 Å². The molecule has 1 fully saturated rings. The molecule has 3 nitrogen and oxygen atoms in total. The number of aliphatic imine (C=N–C) groups is 1. The van der Waals surface area contributed by atoms with Crippen LogP contribution in [0.3, 0.4) is 0 Å². The Bertz CT molecular complexity index is 560. The zero-order valence-electron chi connectivity index (χ0n) is 12.4. The molecule has 2 aliphatic rings. The van der Waals surface area contributed by atoms with E-state index in [1.165, 1.54) is 12.1 Å². The molecule has 0 radical (unpaired) electrons. The van der Waals surface area contributed by atoms with E-state index in [-0.39, 0.29) is 0 Å². The van der Waals surface area contributed by atoms with Crippen LogP contribution in [0.5, 0.6) is 0 Å². The van der Waals surface area contributed by atoms with Gasteiger partial charge in [0.05, 0.1) is 12.1 Å². The number of alkyl halides is 3. The molecule has 2 heterocycles. The average Bonchev–Trinajstić information content (AvgIpc) is 3.00. The molecule has 0 atom stereocenters. The van der Waals surface area contributed by atoms with Gasteiger partial charge in [-0.2, -0.15) is 13.2 Å². The van der Waals surface area contributed by atoms with E-state index >= 15 is 0 Å². The molecule has 1 aromatic rings. The van der Waals surface area contributed by atoms with Crippen molar-refractivity contribution in [3.05, 3.63) is 29.3 Å². The van der Waals surface area contributed by atoms with Gasteiger partial charge in [-0.3, -0.25) is 4.99 Å². The molecule has 1 saturated heterocycles. The van der Waals surface area contributed by atoms with Crippen molar-refractivity contribution in [1.29, 1.82) is 0 Å². The molecular weight excluding hydrogens is 291 g/mol. The Balaban J connectivity index is 1.92. The lowest BCUT2D eigenvalue weighted by molar-refractivity contribution is -0.137. The number of rotatable bonds is 3. The fourth-order valence-electron chi connectivity index (χ4n) is 3.06. The lowest BCUT2D eigenvalue weighted by Crippen LogP contribution is -2.31. The van der Waals surface area contributed by atoms with Crippen LogP contribution in [-0.4, -0.2) is 32.0 Å². The Morgan fingerprint density at radius 3 is 2.55 bits per heavy atom. The van der Waals surface area contributed by atoms with Crippen LogP contribution in [-0.2, 0) is 12.6 Å². The van der Waals surface area contributed by atoms with Crippen molar-refractivity contribution in [2.24, 2.45) is 4.99 Å². The Morgan fingerprint density at radius 2 is 1.91 bits per heavy atom. The SMILES string of the molecule is FC(F)(F)c1ccc(CC2=NCCN2)c(N2CCCCC2)c1. The molecule has 120 valence electrons. The van der Waals surface area contributed by atoms with Crippen LogP contribution in [0, 0.1) is 0 Å². The van der Waals surface area contributed by atoms with Crippen molar-refractivity contribution in [1.82, 2.24) is 5.32 Å². The standard InChI is InChI=1S/C16H20F3N3/c17-16(18,19)13-5-4-12(10-15-20-6-7-21-15)14(11-13)22-8-2-1-3-9-22/h4-5,11H,1-3,6-10H2,(H,20,21). The maximum absolute atomic E-state index is 13.0. The molecule has 2 aliphatic heterocycles. The van der Waals surface area contributed by atoms with Crippen molar-refractivity contribution >= 4 is 11.5 Å². The zero-order chi connectivity index (χ0) is 15.6. The van der Waals surface area contributed by atoms with E-state index in [1.54, 1.807) is 6.07 Å². The van der Waals surface area contributed by atoms with Crippen LogP contribution < -0.4 is 10.2 Å². The van der Waals surface area contributed by atoms with Crippen LogP contribution in [0.2, 0.25) is 0 Å². The van der Waals surface area contributed by atoms with E-state index in [2.05, 4.69) is 15.2 Å². The third-order valence-corrected chi connectivity index (χ3v) is 4.21. The molecular formula is C16H20F3N3. The van der Waals surface area contributed by atoms with E-state index in [4.69, 9.17) is 0 Å². The minimum absolute atomic E-state index is 0.571. The summed E-state index contributed by atoms with van der Waals surface area (Å²) in [5.41, 5.74) is 1.06. The first-order chi connectivity index (χ1) is 10.5. The molecule has 0 unspecified atom stereocenters. The van der Waals surface area contributed by atoms with Gasteiger partial charge in [0.1, 0.15) is 5.84 Å². The van der Waals surface area contributed by atoms with Crippen molar-refractivity contribution in [3.8, 4) is 0 Å². The van der Waals surface area contributed by atoms with Crippen molar-refractivity contribution in [2.75, 3.05) is 31.1 Å². The number of amidine groups is 1. The predicted molar refractivity (Wildman–Crippen MR) is 81.5 cm³/mol. The molecule has 1 aromatic carbocycles. The number of anilines is 1. The highest BCUT2D eigenvalue weighted by Crippen LogP contribution is 2.34. The number of nitrogens with one attached hydrogen (secondary N) is 1. The van der Waals surface area contributed by atoms with E-state index in [0.29, 0.717) is 12.1 Å². The van der Waals surface area contributed by atoms with Crippen LogP contribution in [0.4, 0.5) is 18.9 Å². The van der Waals surface area contributed by atoms with Crippen LogP contribution in [0.15, 0.2) is 23.2 Å². The highest BCUT2D eigenvalue weighted by atomic mass is 19.4. The highest BCUT2D eigenvalue weighted by molar-refractivity contribution is 5.87. The molecule has 22 heavy (non-hydrogen) atoms. The van der Waals surface area contributed by atoms with Gasteiger partial charge in [0.15, 0.2) is 0 Å². The second-order valence-corrected chi connectivity index (χ2v) is 5.82. The number of halogens is 3. The summed E-state index contributed by atoms with van der Waals surface area (Å²) in [7, 11) is 0. The summed E-state index contributed by atoms with van der Waals surface area (Å²) >= 11 is 0. The first kappa shape index (κ1) is 15.2. The summed E-state index contributed by atoms with van der Waals surface area (Å²) in [5.74, 6) is 0.873. The van der Waals surface area contributed by atoms with Gasteiger partial charge >= 0.3 is 6.18 Å². The third kappa shape index (κ3) is 3.36. The summed E-state index contributed by atoms with van der Waals surface area (Å²) in [4.78, 5) is 6.44. The van der Waals surface area contributed by atoms with Gasteiger partial charge in [-0.15, -0.1) is 0 Å². The van der Waals surface area contributed by atoms with Crippen LogP contribution in [0.25, 0.3) is 0 Å². The minimum atomic E-state index is -4.30. The third-order valence-electron chi connectivity index (χ3n) is 4.21. The predicted octanol–water partition coefficient (Wildman–Crippen LogP) is 3.24. The minimum Gasteiger partial charge on any atom is -0.372 e. The molecule has 3 rings (SSSR count). The maximum atomic E-state index is 13.0. The van der Waals surface area contributed by atoms with Gasteiger partial charge in [-0.05, 0) is 37.0 Å². The molecule has 0 saturated carbocycles. The molecule has 0 aliphatic carbocycles. The largest absolute Gasteiger partial charge is 0.416 e. The van der Waals surface area contributed by atoms with Gasteiger partial charge < -0.3 is 10.2 Å². The molecule has 0 aromatic heterocycles. The number of hydrogen-bond acceptors (Lipinski definition) is 3. The monoisotopic (exact) mass is 311 g/mol. The highest BCUT2D eigenvalue weighted by Gasteiger charge is 2.32. The average molecular weight is 311 g/mol. The lowest BCUT2D eigenvalue weighted by Gasteiger charge is -2.31. The fraction of sp³-hybridized carbons (Fsp3) is 0.562. The van der Waals surface area contributed by atoms with Crippen LogP contribution in [0.1, 0.15) is 30.4 Å². The Kier molecular flexibility index (Phi) is 4.27. The van der Waals surface area contributed by atoms with E-state index in [1.807, 2.05) is 0 Å². The lowest BCUT2D eigenvalue weighted by atomic mass is 10.0. The number of benzene rings is 1. The van der Waals surface area contributed by atoms with E-state index < -0.39 is 11.7 Å². The normalized spacial score (nSPS) is 19.0. The van der Waals surface area contributed by atoms with Gasteiger partial charge in [-0.25, -0.2) is 0 Å². The molecule has 0 bridgehead atoms. The molecule has 0 amide bonds. The quantitative estimate of drug-likeness (QED) is 0.928. The summed E-state index contributed by atoms with van der Waals surface area (Å²) in [6.45, 7) is 3.21. The first-order valence-corrected chi connectivity index (χ1v) is 7.76. The van der Waals surface area contributed by atoms with E-state index in [0.717, 1.165) is 56.8 Å². The summed E-state index contributed by atoms with van der Waals surface area (Å²) in [6, 6.07) is 4.09. The summed E-state index contributed by atoms with van der Waals surface area (Å²) < 4.78 is 39.1. The number of nitrogens with zero attached hydrogens (tertiary/aromatic N) is 2. The second-order valence-electron chi connectivity index (χ2n) is 5.82. The maximum Gasteiger partial charge on any atom is 0.416 e. The molecule has 1 N–H and O–H groups in total. The zero-order valence-corrected chi connectivity index (χ0v) is 12.4. The van der Waals surface area contributed by atoms with Gasteiger partial charge in [0.2, 0.25) is 0 Å². The smallest absolute Gasteiger partial charge is 0.372 e. The van der Waals surface area contributed by atoms with Crippen molar-refractivity contribution in [3.63, 3.8) is 0 Å². The Morgan fingerprint density at radius 1 is 1.14 bits per heavy atom. The number of piperidine rings is 1. The van der Waals surface area contributed by atoms with Gasteiger partial charge in [-0.1, -0.05) is 6.07 Å².